The lowest BCUT2D eigenvalue weighted by Crippen LogP contribution is -2.29. The molecule has 0 aliphatic rings. The molecule has 4 nitrogen and oxygen atoms in total. The third kappa shape index (κ3) is 4.01. The molecule has 0 fully saturated rings. The molecule has 1 unspecified atom stereocenters. The molecule has 1 atom stereocenters. The highest BCUT2D eigenvalue weighted by atomic mass is 16.5. The highest BCUT2D eigenvalue weighted by molar-refractivity contribution is 5.73. The summed E-state index contributed by atoms with van der Waals surface area (Å²) in [4.78, 5) is 11.5. The van der Waals surface area contributed by atoms with Crippen LogP contribution in [-0.2, 0) is 11.2 Å². The molecule has 4 heteroatoms. The van der Waals surface area contributed by atoms with Gasteiger partial charge in [-0.3, -0.25) is 0 Å². The SMILES string of the molecule is COc1cccc(OC(Cc2ccc(C)cc2C)C(=O)O)c1. The second-order valence-corrected chi connectivity index (χ2v) is 5.26. The zero-order valence-electron chi connectivity index (χ0n) is 13.0. The average Bonchev–Trinajstić information content (AvgIpc) is 2.49. The molecular weight excluding hydrogens is 280 g/mol. The molecule has 2 aromatic carbocycles. The van der Waals surface area contributed by atoms with Crippen molar-refractivity contribution in [3.63, 3.8) is 0 Å². The summed E-state index contributed by atoms with van der Waals surface area (Å²) in [5.74, 6) is 0.132. The van der Waals surface area contributed by atoms with Gasteiger partial charge in [0.2, 0.25) is 0 Å². The second-order valence-electron chi connectivity index (χ2n) is 5.26. The van der Waals surface area contributed by atoms with E-state index in [9.17, 15) is 9.90 Å². The van der Waals surface area contributed by atoms with E-state index < -0.39 is 12.1 Å². The minimum atomic E-state index is -0.984. The topological polar surface area (TPSA) is 55.8 Å². The largest absolute Gasteiger partial charge is 0.497 e. The summed E-state index contributed by atoms with van der Waals surface area (Å²) in [7, 11) is 1.56. The van der Waals surface area contributed by atoms with Crippen molar-refractivity contribution in [2.24, 2.45) is 0 Å². The van der Waals surface area contributed by atoms with Crippen LogP contribution in [0.15, 0.2) is 42.5 Å². The fourth-order valence-corrected chi connectivity index (χ4v) is 2.29. The van der Waals surface area contributed by atoms with Crippen molar-refractivity contribution < 1.29 is 19.4 Å². The maximum Gasteiger partial charge on any atom is 0.345 e. The number of benzene rings is 2. The molecule has 116 valence electrons. The Kier molecular flexibility index (Phi) is 5.04. The molecule has 0 aliphatic carbocycles. The Hall–Kier alpha value is -2.49. The van der Waals surface area contributed by atoms with Crippen LogP contribution in [0, 0.1) is 13.8 Å². The zero-order chi connectivity index (χ0) is 16.1. The van der Waals surface area contributed by atoms with Gasteiger partial charge in [0.15, 0.2) is 6.10 Å². The number of rotatable bonds is 6. The maximum atomic E-state index is 11.5. The minimum Gasteiger partial charge on any atom is -0.497 e. The Bertz CT molecular complexity index is 664. The van der Waals surface area contributed by atoms with Gasteiger partial charge in [-0.05, 0) is 37.1 Å². The normalized spacial score (nSPS) is 11.8. The van der Waals surface area contributed by atoms with Gasteiger partial charge in [0.1, 0.15) is 11.5 Å². The number of methoxy groups -OCH3 is 1. The van der Waals surface area contributed by atoms with E-state index in [4.69, 9.17) is 9.47 Å². The van der Waals surface area contributed by atoms with E-state index in [2.05, 4.69) is 0 Å². The quantitative estimate of drug-likeness (QED) is 0.888. The van der Waals surface area contributed by atoms with E-state index in [1.54, 1.807) is 31.4 Å². The second kappa shape index (κ2) is 6.98. The highest BCUT2D eigenvalue weighted by Gasteiger charge is 2.21. The number of carboxylic acid groups (broad SMARTS) is 1. The van der Waals surface area contributed by atoms with Gasteiger partial charge in [-0.15, -0.1) is 0 Å². The van der Waals surface area contributed by atoms with Crippen LogP contribution in [0.3, 0.4) is 0 Å². The molecule has 0 radical (unpaired) electrons. The molecule has 2 rings (SSSR count). The van der Waals surface area contributed by atoms with Crippen LogP contribution in [0.2, 0.25) is 0 Å². The van der Waals surface area contributed by atoms with Crippen molar-refractivity contribution in [2.75, 3.05) is 7.11 Å². The van der Waals surface area contributed by atoms with Gasteiger partial charge in [-0.1, -0.05) is 29.8 Å². The molecule has 0 spiro atoms. The summed E-state index contributed by atoms with van der Waals surface area (Å²) >= 11 is 0. The lowest BCUT2D eigenvalue weighted by atomic mass is 10.0. The molecule has 1 N–H and O–H groups in total. The summed E-state index contributed by atoms with van der Waals surface area (Å²) in [6, 6.07) is 12.9. The molecule has 2 aromatic rings. The van der Waals surface area contributed by atoms with Crippen LogP contribution < -0.4 is 9.47 Å². The summed E-state index contributed by atoms with van der Waals surface area (Å²) in [6.45, 7) is 3.99. The Morgan fingerprint density at radius 3 is 2.50 bits per heavy atom. The molecule has 0 amide bonds. The predicted octanol–water partition coefficient (Wildman–Crippen LogP) is 3.39. The number of carboxylic acids is 1. The van der Waals surface area contributed by atoms with Crippen LogP contribution in [0.5, 0.6) is 11.5 Å². The van der Waals surface area contributed by atoms with Gasteiger partial charge in [0, 0.05) is 12.5 Å². The van der Waals surface area contributed by atoms with E-state index in [0.29, 0.717) is 17.9 Å². The van der Waals surface area contributed by atoms with Gasteiger partial charge in [-0.2, -0.15) is 0 Å². The molecular formula is C18H20O4. The number of aryl methyl sites for hydroxylation is 2. The standard InChI is InChI=1S/C18H20O4/c1-12-7-8-14(13(2)9-12)10-17(18(19)20)22-16-6-4-5-15(11-16)21-3/h4-9,11,17H,10H2,1-3H3,(H,19,20). The van der Waals surface area contributed by atoms with Crippen molar-refractivity contribution in [1.82, 2.24) is 0 Å². The smallest absolute Gasteiger partial charge is 0.345 e. The molecule has 0 aromatic heterocycles. The maximum absolute atomic E-state index is 11.5. The minimum absolute atomic E-state index is 0.318. The lowest BCUT2D eigenvalue weighted by Gasteiger charge is -2.17. The Morgan fingerprint density at radius 1 is 1.14 bits per heavy atom. The first kappa shape index (κ1) is 15.9. The molecule has 0 heterocycles. The van der Waals surface area contributed by atoms with E-state index in [1.165, 1.54) is 0 Å². The van der Waals surface area contributed by atoms with Gasteiger partial charge < -0.3 is 14.6 Å². The lowest BCUT2D eigenvalue weighted by molar-refractivity contribution is -0.145. The van der Waals surface area contributed by atoms with Crippen molar-refractivity contribution in [1.29, 1.82) is 0 Å². The fourth-order valence-electron chi connectivity index (χ4n) is 2.29. The first-order valence-electron chi connectivity index (χ1n) is 7.09. The van der Waals surface area contributed by atoms with Crippen molar-refractivity contribution >= 4 is 5.97 Å². The van der Waals surface area contributed by atoms with Crippen LogP contribution in [0.25, 0.3) is 0 Å². The Labute approximate surface area is 130 Å². The summed E-state index contributed by atoms with van der Waals surface area (Å²) < 4.78 is 10.7. The first-order valence-corrected chi connectivity index (χ1v) is 7.09. The molecule has 0 bridgehead atoms. The summed E-state index contributed by atoms with van der Waals surface area (Å²) in [5.41, 5.74) is 3.20. The highest BCUT2D eigenvalue weighted by Crippen LogP contribution is 2.22. The molecule has 0 aliphatic heterocycles. The monoisotopic (exact) mass is 300 g/mol. The summed E-state index contributed by atoms with van der Waals surface area (Å²) in [5, 5.41) is 9.41. The average molecular weight is 300 g/mol. The number of aliphatic carboxylic acids is 1. The molecule has 0 saturated carbocycles. The van der Waals surface area contributed by atoms with Gasteiger partial charge >= 0.3 is 5.97 Å². The van der Waals surface area contributed by atoms with Crippen molar-refractivity contribution in [3.05, 3.63) is 59.2 Å². The number of hydrogen-bond acceptors (Lipinski definition) is 3. The van der Waals surface area contributed by atoms with Crippen molar-refractivity contribution in [2.45, 2.75) is 26.4 Å². The van der Waals surface area contributed by atoms with Crippen molar-refractivity contribution in [3.8, 4) is 11.5 Å². The summed E-state index contributed by atoms with van der Waals surface area (Å²) in [6.07, 6.45) is -0.618. The third-order valence-electron chi connectivity index (χ3n) is 3.50. The van der Waals surface area contributed by atoms with Crippen LogP contribution >= 0.6 is 0 Å². The predicted molar refractivity (Wildman–Crippen MR) is 84.7 cm³/mol. The van der Waals surface area contributed by atoms with E-state index in [-0.39, 0.29) is 0 Å². The Balaban J connectivity index is 2.17. The van der Waals surface area contributed by atoms with Crippen LogP contribution in [0.4, 0.5) is 0 Å². The number of hydrogen-bond donors (Lipinski definition) is 1. The zero-order valence-corrected chi connectivity index (χ0v) is 13.0. The Morgan fingerprint density at radius 2 is 1.86 bits per heavy atom. The van der Waals surface area contributed by atoms with Gasteiger partial charge in [0.05, 0.1) is 7.11 Å². The van der Waals surface area contributed by atoms with Gasteiger partial charge in [0.25, 0.3) is 0 Å². The van der Waals surface area contributed by atoms with Crippen LogP contribution in [-0.4, -0.2) is 24.3 Å². The first-order chi connectivity index (χ1) is 10.5. The van der Waals surface area contributed by atoms with E-state index in [0.717, 1.165) is 16.7 Å². The van der Waals surface area contributed by atoms with E-state index >= 15 is 0 Å². The molecule has 22 heavy (non-hydrogen) atoms. The van der Waals surface area contributed by atoms with Gasteiger partial charge in [-0.25, -0.2) is 4.79 Å². The number of carbonyl (C=O) groups is 1. The molecule has 0 saturated heterocycles. The van der Waals surface area contributed by atoms with E-state index in [1.807, 2.05) is 32.0 Å². The fraction of sp³-hybridized carbons (Fsp3) is 0.278. The van der Waals surface area contributed by atoms with Crippen LogP contribution in [0.1, 0.15) is 16.7 Å². The number of ether oxygens (including phenoxy) is 2. The third-order valence-corrected chi connectivity index (χ3v) is 3.50.